The number of rotatable bonds is 4. The number of hydrogen-bond acceptors (Lipinski definition) is 7. The van der Waals surface area contributed by atoms with Gasteiger partial charge in [0.15, 0.2) is 5.65 Å². The normalized spacial score (nSPS) is 15.6. The average molecular weight is 339 g/mol. The van der Waals surface area contributed by atoms with E-state index in [2.05, 4.69) is 37.3 Å². The molecule has 0 radical (unpaired) electrons. The zero-order chi connectivity index (χ0) is 17.2. The molecule has 1 aliphatic rings. The number of aryl methyl sites for hydroxylation is 2. The molecule has 0 amide bonds. The number of nitrogens with one attached hydrogen (secondary N) is 1. The van der Waals surface area contributed by atoms with Crippen molar-refractivity contribution >= 4 is 11.0 Å². The van der Waals surface area contributed by atoms with Crippen LogP contribution in [-0.4, -0.2) is 42.8 Å². The van der Waals surface area contributed by atoms with Gasteiger partial charge in [0.2, 0.25) is 11.8 Å². The molecule has 130 valence electrons. The van der Waals surface area contributed by atoms with Gasteiger partial charge in [-0.25, -0.2) is 19.6 Å². The SMILES string of the molecule is CCc1cc(Oc2ncnc3c2cnn3C2CCNCC2)nc(C)n1. The first-order chi connectivity index (χ1) is 12.2. The zero-order valence-corrected chi connectivity index (χ0v) is 14.4. The molecule has 1 aliphatic heterocycles. The van der Waals surface area contributed by atoms with Crippen molar-refractivity contribution in [2.45, 2.75) is 39.2 Å². The van der Waals surface area contributed by atoms with Crippen LogP contribution >= 0.6 is 0 Å². The maximum Gasteiger partial charge on any atom is 0.235 e. The van der Waals surface area contributed by atoms with E-state index in [0.717, 1.165) is 49.1 Å². The Bertz CT molecular complexity index is 886. The van der Waals surface area contributed by atoms with Crippen molar-refractivity contribution < 1.29 is 4.74 Å². The van der Waals surface area contributed by atoms with Gasteiger partial charge in [-0.2, -0.15) is 10.1 Å². The van der Waals surface area contributed by atoms with Crippen LogP contribution in [0.15, 0.2) is 18.6 Å². The molecule has 0 unspecified atom stereocenters. The number of ether oxygens (including phenoxy) is 1. The first-order valence-corrected chi connectivity index (χ1v) is 8.66. The Morgan fingerprint density at radius 2 is 2.08 bits per heavy atom. The van der Waals surface area contributed by atoms with Crippen molar-refractivity contribution in [2.75, 3.05) is 13.1 Å². The summed E-state index contributed by atoms with van der Waals surface area (Å²) in [5, 5.41) is 8.72. The third kappa shape index (κ3) is 3.17. The lowest BCUT2D eigenvalue weighted by atomic mass is 10.1. The van der Waals surface area contributed by atoms with E-state index in [9.17, 15) is 0 Å². The average Bonchev–Trinajstić information content (AvgIpc) is 3.07. The Balaban J connectivity index is 1.69. The molecule has 4 rings (SSSR count). The summed E-state index contributed by atoms with van der Waals surface area (Å²) in [6.45, 7) is 5.91. The number of piperidine rings is 1. The highest BCUT2D eigenvalue weighted by atomic mass is 16.5. The molecule has 0 aliphatic carbocycles. The lowest BCUT2D eigenvalue weighted by Gasteiger charge is -2.23. The molecule has 8 nitrogen and oxygen atoms in total. The van der Waals surface area contributed by atoms with Crippen molar-refractivity contribution in [1.82, 2.24) is 35.0 Å². The number of nitrogens with zero attached hydrogens (tertiary/aromatic N) is 6. The highest BCUT2D eigenvalue weighted by Gasteiger charge is 2.20. The van der Waals surface area contributed by atoms with Gasteiger partial charge in [-0.3, -0.25) is 0 Å². The van der Waals surface area contributed by atoms with Gasteiger partial charge in [0.25, 0.3) is 0 Å². The van der Waals surface area contributed by atoms with Crippen LogP contribution in [0.3, 0.4) is 0 Å². The fraction of sp³-hybridized carbons (Fsp3) is 0.471. The Hall–Kier alpha value is -2.61. The van der Waals surface area contributed by atoms with Crippen LogP contribution in [0.2, 0.25) is 0 Å². The third-order valence-corrected chi connectivity index (χ3v) is 4.44. The zero-order valence-electron chi connectivity index (χ0n) is 14.4. The second-order valence-electron chi connectivity index (χ2n) is 6.19. The Labute approximate surface area is 145 Å². The summed E-state index contributed by atoms with van der Waals surface area (Å²) >= 11 is 0. The molecule has 3 aromatic rings. The largest absolute Gasteiger partial charge is 0.420 e. The smallest absolute Gasteiger partial charge is 0.235 e. The van der Waals surface area contributed by atoms with E-state index in [1.54, 1.807) is 6.20 Å². The summed E-state index contributed by atoms with van der Waals surface area (Å²) in [5.74, 6) is 1.66. The monoisotopic (exact) mass is 339 g/mol. The van der Waals surface area contributed by atoms with Gasteiger partial charge in [-0.05, 0) is 39.3 Å². The van der Waals surface area contributed by atoms with Gasteiger partial charge in [-0.15, -0.1) is 0 Å². The standard InChI is InChI=1S/C17H21N7O/c1-3-12-8-15(23-11(2)22-12)25-17-14-9-21-24(16(14)19-10-20-17)13-4-6-18-7-5-13/h8-10,13,18H,3-7H2,1-2H3. The van der Waals surface area contributed by atoms with Crippen molar-refractivity contribution in [3.05, 3.63) is 30.1 Å². The minimum Gasteiger partial charge on any atom is -0.420 e. The topological polar surface area (TPSA) is 90.6 Å². The summed E-state index contributed by atoms with van der Waals surface area (Å²) in [4.78, 5) is 17.4. The summed E-state index contributed by atoms with van der Waals surface area (Å²) in [6, 6.07) is 2.20. The van der Waals surface area contributed by atoms with Crippen molar-refractivity contribution in [3.63, 3.8) is 0 Å². The summed E-state index contributed by atoms with van der Waals surface area (Å²) in [5.41, 5.74) is 1.75. The van der Waals surface area contributed by atoms with Crippen LogP contribution in [0.5, 0.6) is 11.8 Å². The summed E-state index contributed by atoms with van der Waals surface area (Å²) < 4.78 is 7.94. The molecule has 1 fully saturated rings. The number of fused-ring (bicyclic) bond motifs is 1. The van der Waals surface area contributed by atoms with Gasteiger partial charge in [0.1, 0.15) is 17.5 Å². The van der Waals surface area contributed by atoms with Crippen molar-refractivity contribution in [1.29, 1.82) is 0 Å². The van der Waals surface area contributed by atoms with Crippen LogP contribution in [0, 0.1) is 6.92 Å². The Morgan fingerprint density at radius 1 is 1.24 bits per heavy atom. The van der Waals surface area contributed by atoms with E-state index in [-0.39, 0.29) is 0 Å². The molecule has 25 heavy (non-hydrogen) atoms. The molecule has 0 spiro atoms. The second kappa shape index (κ2) is 6.72. The molecule has 0 aromatic carbocycles. The molecule has 8 heteroatoms. The molecule has 3 aromatic heterocycles. The fourth-order valence-electron chi connectivity index (χ4n) is 3.17. The highest BCUT2D eigenvalue weighted by Crippen LogP contribution is 2.29. The predicted molar refractivity (Wildman–Crippen MR) is 92.7 cm³/mol. The maximum absolute atomic E-state index is 5.95. The van der Waals surface area contributed by atoms with Crippen molar-refractivity contribution in [3.8, 4) is 11.8 Å². The van der Waals surface area contributed by atoms with Crippen LogP contribution in [0.4, 0.5) is 0 Å². The Morgan fingerprint density at radius 3 is 2.88 bits per heavy atom. The molecule has 0 atom stereocenters. The fourth-order valence-corrected chi connectivity index (χ4v) is 3.17. The molecular formula is C17H21N7O. The molecule has 4 heterocycles. The van der Waals surface area contributed by atoms with Gasteiger partial charge in [-0.1, -0.05) is 6.92 Å². The quantitative estimate of drug-likeness (QED) is 0.779. The highest BCUT2D eigenvalue weighted by molar-refractivity contribution is 5.80. The molecular weight excluding hydrogens is 318 g/mol. The van der Waals surface area contributed by atoms with Crippen molar-refractivity contribution in [2.24, 2.45) is 0 Å². The van der Waals surface area contributed by atoms with Gasteiger partial charge in [0, 0.05) is 11.8 Å². The van der Waals surface area contributed by atoms with Gasteiger partial charge in [0.05, 0.1) is 12.2 Å². The minimum absolute atomic E-state index is 0.356. The van der Waals surface area contributed by atoms with E-state index in [1.807, 2.05) is 17.7 Å². The summed E-state index contributed by atoms with van der Waals surface area (Å²) in [7, 11) is 0. The molecule has 1 saturated heterocycles. The van der Waals surface area contributed by atoms with Gasteiger partial charge >= 0.3 is 0 Å². The van der Waals surface area contributed by atoms with E-state index < -0.39 is 0 Å². The van der Waals surface area contributed by atoms with Crippen LogP contribution in [0.25, 0.3) is 11.0 Å². The second-order valence-corrected chi connectivity index (χ2v) is 6.19. The minimum atomic E-state index is 0.356. The number of aromatic nitrogens is 6. The van der Waals surface area contributed by atoms with E-state index in [4.69, 9.17) is 4.74 Å². The van der Waals surface area contributed by atoms with Crippen LogP contribution in [0.1, 0.15) is 37.3 Å². The first kappa shape index (κ1) is 15.9. The Kier molecular flexibility index (Phi) is 4.27. The number of hydrogen-bond donors (Lipinski definition) is 1. The lowest BCUT2D eigenvalue weighted by Crippen LogP contribution is -2.29. The molecule has 0 saturated carbocycles. The predicted octanol–water partition coefficient (Wildman–Crippen LogP) is 2.20. The van der Waals surface area contributed by atoms with E-state index in [0.29, 0.717) is 23.6 Å². The van der Waals surface area contributed by atoms with Crippen LogP contribution < -0.4 is 10.1 Å². The van der Waals surface area contributed by atoms with E-state index >= 15 is 0 Å². The maximum atomic E-state index is 5.95. The van der Waals surface area contributed by atoms with Gasteiger partial charge < -0.3 is 10.1 Å². The van der Waals surface area contributed by atoms with E-state index in [1.165, 1.54) is 6.33 Å². The summed E-state index contributed by atoms with van der Waals surface area (Å²) in [6.07, 6.45) is 6.21. The molecule has 1 N–H and O–H groups in total. The third-order valence-electron chi connectivity index (χ3n) is 4.44. The first-order valence-electron chi connectivity index (χ1n) is 8.66. The lowest BCUT2D eigenvalue weighted by molar-refractivity contribution is 0.349. The molecule has 0 bridgehead atoms. The van der Waals surface area contributed by atoms with Crippen LogP contribution in [-0.2, 0) is 6.42 Å².